The number of ether oxygens (including phenoxy) is 1. The fourth-order valence-corrected chi connectivity index (χ4v) is 3.03. The summed E-state index contributed by atoms with van der Waals surface area (Å²) in [6, 6.07) is 6.81. The van der Waals surface area contributed by atoms with Crippen LogP contribution in [0.25, 0.3) is 6.08 Å². The van der Waals surface area contributed by atoms with E-state index in [0.29, 0.717) is 30.2 Å². The van der Waals surface area contributed by atoms with Gasteiger partial charge < -0.3 is 9.64 Å². The summed E-state index contributed by atoms with van der Waals surface area (Å²) in [5.74, 6) is 0.632. The first-order valence-electron chi connectivity index (χ1n) is 6.60. The van der Waals surface area contributed by atoms with Gasteiger partial charge in [-0.05, 0) is 23.8 Å². The van der Waals surface area contributed by atoms with Gasteiger partial charge in [0.2, 0.25) is 5.91 Å². The number of amides is 1. The number of carbonyl (C=O) groups excluding carboxylic acids is 2. The first-order valence-corrected chi connectivity index (χ1v) is 8.09. The van der Waals surface area contributed by atoms with Crippen LogP contribution in [0.1, 0.15) is 15.9 Å². The van der Waals surface area contributed by atoms with E-state index in [0.717, 1.165) is 5.56 Å². The molecule has 1 fully saturated rings. The van der Waals surface area contributed by atoms with Crippen LogP contribution in [0, 0.1) is 0 Å². The van der Waals surface area contributed by atoms with Crippen molar-refractivity contribution >= 4 is 28.8 Å². The fourth-order valence-electron chi connectivity index (χ4n) is 1.98. The molecule has 0 radical (unpaired) electrons. The van der Waals surface area contributed by atoms with Gasteiger partial charge in [-0.15, -0.1) is 0 Å². The third kappa shape index (κ3) is 4.26. The Labute approximate surface area is 126 Å². The van der Waals surface area contributed by atoms with E-state index in [-0.39, 0.29) is 11.9 Å². The second-order valence-corrected chi connectivity index (χ2v) is 6.32. The summed E-state index contributed by atoms with van der Waals surface area (Å²) >= 11 is 0. The molecule has 112 valence electrons. The van der Waals surface area contributed by atoms with Crippen LogP contribution in [-0.2, 0) is 20.3 Å². The summed E-state index contributed by atoms with van der Waals surface area (Å²) in [6.07, 6.45) is 3.20. The zero-order valence-corrected chi connectivity index (χ0v) is 12.6. The van der Waals surface area contributed by atoms with Crippen molar-refractivity contribution in [2.75, 3.05) is 31.7 Å². The molecule has 0 N–H and O–H groups in total. The Kier molecular flexibility index (Phi) is 5.27. The van der Waals surface area contributed by atoms with Gasteiger partial charge in [0, 0.05) is 41.5 Å². The monoisotopic (exact) mass is 307 g/mol. The number of nitrogens with zero attached hydrogens (tertiary/aromatic N) is 1. The Hall–Kier alpha value is -1.95. The molecule has 0 aromatic heterocycles. The lowest BCUT2D eigenvalue weighted by Gasteiger charge is -2.24. The van der Waals surface area contributed by atoms with E-state index in [2.05, 4.69) is 4.74 Å². The average molecular weight is 307 g/mol. The minimum Gasteiger partial charge on any atom is -0.465 e. The number of esters is 1. The Bertz CT molecular complexity index is 570. The van der Waals surface area contributed by atoms with E-state index in [4.69, 9.17) is 0 Å². The Morgan fingerprint density at radius 2 is 1.81 bits per heavy atom. The van der Waals surface area contributed by atoms with Gasteiger partial charge in [-0.2, -0.15) is 0 Å². The number of methoxy groups -OCH3 is 1. The highest BCUT2D eigenvalue weighted by atomic mass is 32.2. The molecule has 0 bridgehead atoms. The molecule has 1 amide bonds. The minimum absolute atomic E-state index is 0.0799. The third-order valence-corrected chi connectivity index (χ3v) is 4.52. The molecule has 0 unspecified atom stereocenters. The average Bonchev–Trinajstić information content (AvgIpc) is 2.53. The summed E-state index contributed by atoms with van der Waals surface area (Å²) in [4.78, 5) is 25.0. The Morgan fingerprint density at radius 1 is 1.19 bits per heavy atom. The van der Waals surface area contributed by atoms with E-state index in [1.54, 1.807) is 35.2 Å². The van der Waals surface area contributed by atoms with Crippen molar-refractivity contribution in [3.8, 4) is 0 Å². The maximum absolute atomic E-state index is 12.0. The van der Waals surface area contributed by atoms with Gasteiger partial charge in [0.25, 0.3) is 0 Å². The van der Waals surface area contributed by atoms with E-state index in [9.17, 15) is 13.8 Å². The summed E-state index contributed by atoms with van der Waals surface area (Å²) in [6.45, 7) is 1.08. The van der Waals surface area contributed by atoms with Gasteiger partial charge in [0.1, 0.15) is 0 Å². The van der Waals surface area contributed by atoms with Crippen molar-refractivity contribution in [1.82, 2.24) is 4.90 Å². The highest BCUT2D eigenvalue weighted by Crippen LogP contribution is 2.08. The van der Waals surface area contributed by atoms with E-state index >= 15 is 0 Å². The van der Waals surface area contributed by atoms with Crippen LogP contribution in [0.15, 0.2) is 30.3 Å². The van der Waals surface area contributed by atoms with Crippen LogP contribution >= 0.6 is 0 Å². The lowest BCUT2D eigenvalue weighted by molar-refractivity contribution is -0.125. The molecule has 1 aromatic rings. The number of rotatable bonds is 3. The maximum Gasteiger partial charge on any atom is 0.337 e. The topological polar surface area (TPSA) is 63.7 Å². The van der Waals surface area contributed by atoms with Crippen molar-refractivity contribution in [2.24, 2.45) is 0 Å². The quantitative estimate of drug-likeness (QED) is 0.619. The molecule has 0 saturated carbocycles. The molecular weight excluding hydrogens is 290 g/mol. The molecule has 5 nitrogen and oxygen atoms in total. The van der Waals surface area contributed by atoms with Crippen LogP contribution in [0.2, 0.25) is 0 Å². The standard InChI is InChI=1S/C15H17NO4S/c1-20-15(18)13-5-2-12(3-6-13)4-7-14(17)16-8-10-21(19)11-9-16/h2-7H,8-11H2,1H3/b7-4+. The molecule has 1 saturated heterocycles. The molecule has 1 heterocycles. The second kappa shape index (κ2) is 7.17. The highest BCUT2D eigenvalue weighted by Gasteiger charge is 2.17. The Balaban J connectivity index is 1.95. The summed E-state index contributed by atoms with van der Waals surface area (Å²) in [5.41, 5.74) is 1.30. The van der Waals surface area contributed by atoms with Crippen molar-refractivity contribution in [3.05, 3.63) is 41.5 Å². The molecule has 0 atom stereocenters. The van der Waals surface area contributed by atoms with Gasteiger partial charge in [0.05, 0.1) is 12.7 Å². The largest absolute Gasteiger partial charge is 0.465 e. The maximum atomic E-state index is 12.0. The van der Waals surface area contributed by atoms with Gasteiger partial charge in [-0.25, -0.2) is 4.79 Å². The van der Waals surface area contributed by atoms with Gasteiger partial charge in [0.15, 0.2) is 0 Å². The van der Waals surface area contributed by atoms with Crippen LogP contribution in [0.3, 0.4) is 0 Å². The summed E-state index contributed by atoms with van der Waals surface area (Å²) in [5, 5.41) is 0. The third-order valence-electron chi connectivity index (χ3n) is 3.24. The number of hydrogen-bond acceptors (Lipinski definition) is 4. The molecule has 1 aliphatic heterocycles. The first-order chi connectivity index (χ1) is 10.1. The smallest absolute Gasteiger partial charge is 0.337 e. The highest BCUT2D eigenvalue weighted by molar-refractivity contribution is 7.85. The molecule has 0 spiro atoms. The molecular formula is C15H17NO4S. The van der Waals surface area contributed by atoms with Gasteiger partial charge in [-0.1, -0.05) is 12.1 Å². The zero-order chi connectivity index (χ0) is 15.2. The van der Waals surface area contributed by atoms with Gasteiger partial charge in [-0.3, -0.25) is 9.00 Å². The molecule has 6 heteroatoms. The van der Waals surface area contributed by atoms with E-state index in [1.807, 2.05) is 0 Å². The van der Waals surface area contributed by atoms with Crippen molar-refractivity contribution < 1.29 is 18.5 Å². The lowest BCUT2D eigenvalue weighted by Crippen LogP contribution is -2.40. The summed E-state index contributed by atoms with van der Waals surface area (Å²) < 4.78 is 15.9. The zero-order valence-electron chi connectivity index (χ0n) is 11.8. The molecule has 0 aliphatic carbocycles. The van der Waals surface area contributed by atoms with Crippen molar-refractivity contribution in [2.45, 2.75) is 0 Å². The molecule has 1 aliphatic rings. The van der Waals surface area contributed by atoms with Crippen LogP contribution in [-0.4, -0.2) is 52.7 Å². The van der Waals surface area contributed by atoms with E-state index < -0.39 is 10.8 Å². The van der Waals surface area contributed by atoms with Crippen LogP contribution in [0.5, 0.6) is 0 Å². The predicted molar refractivity (Wildman–Crippen MR) is 81.3 cm³/mol. The second-order valence-electron chi connectivity index (χ2n) is 4.62. The predicted octanol–water partition coefficient (Wildman–Crippen LogP) is 1.08. The fraction of sp³-hybridized carbons (Fsp3) is 0.333. The molecule has 21 heavy (non-hydrogen) atoms. The number of hydrogen-bond donors (Lipinski definition) is 0. The lowest BCUT2D eigenvalue weighted by atomic mass is 10.1. The summed E-state index contributed by atoms with van der Waals surface area (Å²) in [7, 11) is 0.546. The van der Waals surface area contributed by atoms with Gasteiger partial charge >= 0.3 is 5.97 Å². The van der Waals surface area contributed by atoms with E-state index in [1.165, 1.54) is 13.2 Å². The Morgan fingerprint density at radius 3 is 2.38 bits per heavy atom. The molecule has 2 rings (SSSR count). The van der Waals surface area contributed by atoms with Crippen molar-refractivity contribution in [1.29, 1.82) is 0 Å². The minimum atomic E-state index is -0.787. The number of carbonyl (C=O) groups is 2. The number of benzene rings is 1. The first kappa shape index (κ1) is 15.4. The van der Waals surface area contributed by atoms with Crippen molar-refractivity contribution in [3.63, 3.8) is 0 Å². The SMILES string of the molecule is COC(=O)c1ccc(/C=C/C(=O)N2CCS(=O)CC2)cc1. The normalized spacial score (nSPS) is 16.1. The molecule has 1 aromatic carbocycles. The van der Waals surface area contributed by atoms with Crippen LogP contribution < -0.4 is 0 Å². The van der Waals surface area contributed by atoms with Crippen LogP contribution in [0.4, 0.5) is 0 Å².